The fourth-order valence-corrected chi connectivity index (χ4v) is 4.78. The molecule has 0 saturated heterocycles. The second kappa shape index (κ2) is 8.47. The Morgan fingerprint density at radius 1 is 0.750 bits per heavy atom. The van der Waals surface area contributed by atoms with Crippen molar-refractivity contribution in [1.82, 2.24) is 0 Å². The van der Waals surface area contributed by atoms with Crippen LogP contribution in [0.15, 0.2) is 91.0 Å². The molecule has 1 aliphatic rings. The topological polar surface area (TPSA) is 7.12 Å². The summed E-state index contributed by atoms with van der Waals surface area (Å²) in [5, 5.41) is 0. The minimum Gasteiger partial charge on any atom is -0.378 e. The molecule has 1 aliphatic carbocycles. The molecule has 2 heteroatoms. The molecule has 32 heavy (non-hydrogen) atoms. The molecule has 0 amide bonds. The zero-order chi connectivity index (χ0) is 22.1. The molecular formula is C30H29N2+. The average Bonchev–Trinajstić information content (AvgIpc) is 3.25. The third-order valence-corrected chi connectivity index (χ3v) is 6.44. The largest absolute Gasteiger partial charge is 0.378 e. The lowest BCUT2D eigenvalue weighted by Crippen LogP contribution is -2.36. The first-order valence-corrected chi connectivity index (χ1v) is 11.3. The molecule has 1 aromatic heterocycles. The maximum atomic E-state index is 2.39. The van der Waals surface area contributed by atoms with Crippen LogP contribution in [0.2, 0.25) is 0 Å². The molecule has 4 aromatic rings. The Balaban J connectivity index is 1.69. The van der Waals surface area contributed by atoms with Crippen molar-refractivity contribution in [2.24, 2.45) is 7.05 Å². The van der Waals surface area contributed by atoms with E-state index in [1.54, 1.807) is 0 Å². The van der Waals surface area contributed by atoms with E-state index < -0.39 is 0 Å². The normalized spacial score (nSPS) is 13.9. The molecular weight excluding hydrogens is 388 g/mol. The summed E-state index contributed by atoms with van der Waals surface area (Å²) in [6.45, 7) is 0. The van der Waals surface area contributed by atoms with Crippen molar-refractivity contribution >= 4 is 17.3 Å². The smallest absolute Gasteiger partial charge is 0.213 e. The maximum Gasteiger partial charge on any atom is 0.213 e. The second-order valence-corrected chi connectivity index (χ2v) is 8.72. The average molecular weight is 418 g/mol. The summed E-state index contributed by atoms with van der Waals surface area (Å²) in [6, 6.07) is 32.7. The zero-order valence-corrected chi connectivity index (χ0v) is 19.0. The van der Waals surface area contributed by atoms with Crippen LogP contribution in [-0.2, 0) is 13.5 Å². The number of allylic oxidation sites excluding steroid dienone is 1. The number of rotatable bonds is 4. The highest BCUT2D eigenvalue weighted by atomic mass is 15.1. The number of nitrogens with zero attached hydrogens (tertiary/aromatic N) is 2. The highest BCUT2D eigenvalue weighted by molar-refractivity contribution is 5.87. The maximum absolute atomic E-state index is 2.39. The quantitative estimate of drug-likeness (QED) is 0.349. The number of aromatic nitrogens is 1. The number of hydrogen-bond donors (Lipinski definition) is 0. The van der Waals surface area contributed by atoms with Gasteiger partial charge in [0.15, 0.2) is 0 Å². The van der Waals surface area contributed by atoms with E-state index in [1.807, 2.05) is 0 Å². The predicted octanol–water partition coefficient (Wildman–Crippen LogP) is 6.40. The van der Waals surface area contributed by atoms with Gasteiger partial charge in [0.25, 0.3) is 0 Å². The number of benzene rings is 3. The summed E-state index contributed by atoms with van der Waals surface area (Å²) in [5.41, 5.74) is 11.8. The van der Waals surface area contributed by atoms with Gasteiger partial charge in [0.2, 0.25) is 11.4 Å². The van der Waals surface area contributed by atoms with Crippen molar-refractivity contribution in [2.45, 2.75) is 12.8 Å². The lowest BCUT2D eigenvalue weighted by molar-refractivity contribution is -0.662. The van der Waals surface area contributed by atoms with Crippen LogP contribution in [0, 0.1) is 0 Å². The van der Waals surface area contributed by atoms with Crippen molar-refractivity contribution in [3.05, 3.63) is 108 Å². The van der Waals surface area contributed by atoms with E-state index in [1.165, 1.54) is 50.5 Å². The third kappa shape index (κ3) is 3.73. The van der Waals surface area contributed by atoms with Gasteiger partial charge in [0.1, 0.15) is 7.05 Å². The summed E-state index contributed by atoms with van der Waals surface area (Å²) < 4.78 is 2.39. The van der Waals surface area contributed by atoms with Crippen LogP contribution < -0.4 is 9.47 Å². The molecule has 158 valence electrons. The monoisotopic (exact) mass is 417 g/mol. The Morgan fingerprint density at radius 3 is 2.00 bits per heavy atom. The fraction of sp³-hybridized carbons (Fsp3) is 0.167. The molecule has 0 radical (unpaired) electrons. The summed E-state index contributed by atoms with van der Waals surface area (Å²) in [5.74, 6) is 0. The van der Waals surface area contributed by atoms with Gasteiger partial charge in [-0.1, -0.05) is 60.7 Å². The summed E-state index contributed by atoms with van der Waals surface area (Å²) in [4.78, 5) is 2.14. The van der Waals surface area contributed by atoms with Gasteiger partial charge < -0.3 is 4.90 Å². The Kier molecular flexibility index (Phi) is 5.36. The predicted molar refractivity (Wildman–Crippen MR) is 135 cm³/mol. The van der Waals surface area contributed by atoms with E-state index in [9.17, 15) is 0 Å². The van der Waals surface area contributed by atoms with Crippen LogP contribution in [0.5, 0.6) is 0 Å². The molecule has 3 aromatic carbocycles. The van der Waals surface area contributed by atoms with Crippen molar-refractivity contribution < 1.29 is 4.57 Å². The first-order chi connectivity index (χ1) is 15.6. The molecule has 0 saturated carbocycles. The number of anilines is 1. The molecule has 0 atom stereocenters. The van der Waals surface area contributed by atoms with Gasteiger partial charge in [-0.25, -0.2) is 0 Å². The van der Waals surface area contributed by atoms with Crippen LogP contribution in [0.4, 0.5) is 5.69 Å². The van der Waals surface area contributed by atoms with Crippen LogP contribution in [0.1, 0.15) is 23.2 Å². The molecule has 2 nitrogen and oxygen atoms in total. The Hall–Kier alpha value is -3.65. The highest BCUT2D eigenvalue weighted by Gasteiger charge is 2.31. The van der Waals surface area contributed by atoms with E-state index in [4.69, 9.17) is 0 Å². The first kappa shape index (κ1) is 20.3. The Bertz CT molecular complexity index is 1270. The minimum absolute atomic E-state index is 1.07. The Morgan fingerprint density at radius 2 is 1.38 bits per heavy atom. The summed E-state index contributed by atoms with van der Waals surface area (Å²) >= 11 is 0. The lowest BCUT2D eigenvalue weighted by atomic mass is 9.96. The highest BCUT2D eigenvalue weighted by Crippen LogP contribution is 2.39. The second-order valence-electron chi connectivity index (χ2n) is 8.72. The van der Waals surface area contributed by atoms with Gasteiger partial charge >= 0.3 is 0 Å². The Labute approximate surface area is 191 Å². The summed E-state index contributed by atoms with van der Waals surface area (Å²) in [7, 11) is 6.37. The minimum atomic E-state index is 1.07. The standard InChI is InChI=1S/C30H29N2/c1-31(2)26-17-14-22(15-18-26)20-25-16-19-27-28(23-10-6-4-7-11-23)21-29(32(3)30(25)27)24-12-8-5-9-13-24/h4-15,17-18,20-21H,16,19H2,1-3H3/q+1. The SMILES string of the molecule is CN(C)c1ccc(C=C2CCc3c(-c4ccccc4)cc(-c4ccccc4)[n+](C)c32)cc1. The number of pyridine rings is 1. The molecule has 0 aliphatic heterocycles. The van der Waals surface area contributed by atoms with E-state index in [-0.39, 0.29) is 0 Å². The van der Waals surface area contributed by atoms with Gasteiger partial charge in [-0.15, -0.1) is 0 Å². The van der Waals surface area contributed by atoms with Gasteiger partial charge in [0.05, 0.1) is 0 Å². The molecule has 0 spiro atoms. The molecule has 0 bridgehead atoms. The van der Waals surface area contributed by atoms with Gasteiger partial charge in [-0.3, -0.25) is 0 Å². The fourth-order valence-electron chi connectivity index (χ4n) is 4.78. The van der Waals surface area contributed by atoms with Crippen molar-refractivity contribution in [3.8, 4) is 22.4 Å². The van der Waals surface area contributed by atoms with E-state index >= 15 is 0 Å². The van der Waals surface area contributed by atoms with Crippen molar-refractivity contribution in [1.29, 1.82) is 0 Å². The van der Waals surface area contributed by atoms with Gasteiger partial charge in [0, 0.05) is 42.5 Å². The zero-order valence-electron chi connectivity index (χ0n) is 19.0. The molecule has 0 N–H and O–H groups in total. The number of hydrogen-bond acceptors (Lipinski definition) is 1. The molecule has 0 fully saturated rings. The third-order valence-electron chi connectivity index (χ3n) is 6.44. The molecule has 0 unspecified atom stereocenters. The van der Waals surface area contributed by atoms with Crippen molar-refractivity contribution in [2.75, 3.05) is 19.0 Å². The van der Waals surface area contributed by atoms with E-state index in [2.05, 4.69) is 128 Å². The van der Waals surface area contributed by atoms with E-state index in [0.717, 1.165) is 12.8 Å². The van der Waals surface area contributed by atoms with E-state index in [0.29, 0.717) is 0 Å². The van der Waals surface area contributed by atoms with Gasteiger partial charge in [-0.05, 0) is 59.9 Å². The molecule has 1 heterocycles. The van der Waals surface area contributed by atoms with Crippen LogP contribution in [0.25, 0.3) is 34.0 Å². The van der Waals surface area contributed by atoms with Crippen LogP contribution in [0.3, 0.4) is 0 Å². The van der Waals surface area contributed by atoms with Gasteiger partial charge in [-0.2, -0.15) is 4.57 Å². The number of fused-ring (bicyclic) bond motifs is 1. The first-order valence-electron chi connectivity index (χ1n) is 11.3. The molecule has 5 rings (SSSR count). The summed E-state index contributed by atoms with van der Waals surface area (Å²) in [6.07, 6.45) is 4.51. The van der Waals surface area contributed by atoms with Crippen molar-refractivity contribution in [3.63, 3.8) is 0 Å². The van der Waals surface area contributed by atoms with Crippen LogP contribution in [-0.4, -0.2) is 14.1 Å². The lowest BCUT2D eigenvalue weighted by Gasteiger charge is -2.13. The van der Waals surface area contributed by atoms with Crippen LogP contribution >= 0.6 is 0 Å².